The highest BCUT2D eigenvalue weighted by molar-refractivity contribution is 6.31. The van der Waals surface area contributed by atoms with E-state index < -0.39 is 5.82 Å². The largest absolute Gasteiger partial charge is 0.336 e. The summed E-state index contributed by atoms with van der Waals surface area (Å²) >= 11 is 5.83. The SMILES string of the molecule is CC1CCC(CN)CN1C(=O)c1cc(Cl)ccc1F. The highest BCUT2D eigenvalue weighted by atomic mass is 35.5. The summed E-state index contributed by atoms with van der Waals surface area (Å²) in [5, 5.41) is 0.366. The van der Waals surface area contributed by atoms with E-state index in [1.807, 2.05) is 6.92 Å². The first-order valence-electron chi connectivity index (χ1n) is 6.49. The number of carbonyl (C=O) groups excluding carboxylic acids is 1. The minimum atomic E-state index is -0.531. The molecular weight excluding hydrogens is 267 g/mol. The van der Waals surface area contributed by atoms with Crippen molar-refractivity contribution < 1.29 is 9.18 Å². The molecule has 0 aliphatic carbocycles. The molecule has 0 spiro atoms. The lowest BCUT2D eigenvalue weighted by molar-refractivity contribution is 0.0562. The number of nitrogens with zero attached hydrogens (tertiary/aromatic N) is 1. The van der Waals surface area contributed by atoms with Crippen molar-refractivity contribution in [3.8, 4) is 0 Å². The first-order chi connectivity index (χ1) is 9.02. The molecule has 0 aromatic heterocycles. The second kappa shape index (κ2) is 5.88. The Kier molecular flexibility index (Phi) is 4.42. The van der Waals surface area contributed by atoms with Crippen LogP contribution in [-0.4, -0.2) is 29.9 Å². The Labute approximate surface area is 117 Å². The summed E-state index contributed by atoms with van der Waals surface area (Å²) in [6.07, 6.45) is 1.91. The number of rotatable bonds is 2. The number of amides is 1. The Morgan fingerprint density at radius 3 is 2.95 bits per heavy atom. The Hall–Kier alpha value is -1.13. The molecule has 2 unspecified atom stereocenters. The second-order valence-corrected chi connectivity index (χ2v) is 5.55. The summed E-state index contributed by atoms with van der Waals surface area (Å²) in [5.74, 6) is -0.537. The van der Waals surface area contributed by atoms with Crippen molar-refractivity contribution in [3.05, 3.63) is 34.6 Å². The molecule has 1 fully saturated rings. The Morgan fingerprint density at radius 1 is 1.53 bits per heavy atom. The molecule has 1 aliphatic heterocycles. The van der Waals surface area contributed by atoms with Gasteiger partial charge in [0.1, 0.15) is 5.82 Å². The molecule has 0 saturated carbocycles. The minimum absolute atomic E-state index is 0.0389. The molecule has 2 atom stereocenters. The summed E-state index contributed by atoms with van der Waals surface area (Å²) < 4.78 is 13.8. The number of hydrogen-bond donors (Lipinski definition) is 1. The number of halogens is 2. The van der Waals surface area contributed by atoms with Gasteiger partial charge >= 0.3 is 0 Å². The van der Waals surface area contributed by atoms with E-state index in [1.165, 1.54) is 18.2 Å². The average molecular weight is 285 g/mol. The van der Waals surface area contributed by atoms with E-state index in [4.69, 9.17) is 17.3 Å². The molecule has 0 bridgehead atoms. The van der Waals surface area contributed by atoms with Crippen molar-refractivity contribution in [2.24, 2.45) is 11.7 Å². The minimum Gasteiger partial charge on any atom is -0.336 e. The number of piperidine rings is 1. The van der Waals surface area contributed by atoms with Crippen molar-refractivity contribution in [2.45, 2.75) is 25.8 Å². The quantitative estimate of drug-likeness (QED) is 0.907. The number of benzene rings is 1. The highest BCUT2D eigenvalue weighted by Gasteiger charge is 2.30. The average Bonchev–Trinajstić information content (AvgIpc) is 2.41. The topological polar surface area (TPSA) is 46.3 Å². The first-order valence-corrected chi connectivity index (χ1v) is 6.86. The highest BCUT2D eigenvalue weighted by Crippen LogP contribution is 2.25. The van der Waals surface area contributed by atoms with Crippen LogP contribution in [0.5, 0.6) is 0 Å². The maximum absolute atomic E-state index is 13.8. The van der Waals surface area contributed by atoms with Gasteiger partial charge in [-0.3, -0.25) is 4.79 Å². The molecule has 3 nitrogen and oxygen atoms in total. The molecule has 2 N–H and O–H groups in total. The molecule has 1 amide bonds. The Bertz CT molecular complexity index is 481. The Balaban J connectivity index is 2.24. The molecule has 0 radical (unpaired) electrons. The lowest BCUT2D eigenvalue weighted by Gasteiger charge is -2.37. The third kappa shape index (κ3) is 3.07. The van der Waals surface area contributed by atoms with Gasteiger partial charge in [0, 0.05) is 17.6 Å². The van der Waals surface area contributed by atoms with Crippen molar-refractivity contribution in [1.82, 2.24) is 4.90 Å². The van der Waals surface area contributed by atoms with Crippen LogP contribution in [0.25, 0.3) is 0 Å². The molecule has 2 rings (SSSR count). The molecule has 1 heterocycles. The van der Waals surface area contributed by atoms with Gasteiger partial charge in [-0.1, -0.05) is 11.6 Å². The van der Waals surface area contributed by atoms with Crippen LogP contribution in [0.15, 0.2) is 18.2 Å². The van der Waals surface area contributed by atoms with Gasteiger partial charge in [-0.15, -0.1) is 0 Å². The van der Waals surface area contributed by atoms with Gasteiger partial charge in [0.2, 0.25) is 0 Å². The van der Waals surface area contributed by atoms with Crippen molar-refractivity contribution in [1.29, 1.82) is 0 Å². The zero-order chi connectivity index (χ0) is 14.0. The molecular formula is C14H18ClFN2O. The maximum atomic E-state index is 13.8. The van der Waals surface area contributed by atoms with Gasteiger partial charge in [0.15, 0.2) is 0 Å². The monoisotopic (exact) mass is 284 g/mol. The van der Waals surface area contributed by atoms with Crippen LogP contribution in [-0.2, 0) is 0 Å². The van der Waals surface area contributed by atoms with Crippen LogP contribution < -0.4 is 5.73 Å². The van der Waals surface area contributed by atoms with Crippen molar-refractivity contribution >= 4 is 17.5 Å². The summed E-state index contributed by atoms with van der Waals surface area (Å²) in [4.78, 5) is 14.1. The molecule has 19 heavy (non-hydrogen) atoms. The molecule has 1 aromatic carbocycles. The van der Waals surface area contributed by atoms with Crippen LogP contribution >= 0.6 is 11.6 Å². The number of nitrogens with two attached hydrogens (primary N) is 1. The van der Waals surface area contributed by atoms with E-state index in [0.29, 0.717) is 24.0 Å². The van der Waals surface area contributed by atoms with Crippen LogP contribution in [0.4, 0.5) is 4.39 Å². The van der Waals surface area contributed by atoms with E-state index in [-0.39, 0.29) is 17.5 Å². The fourth-order valence-electron chi connectivity index (χ4n) is 2.47. The smallest absolute Gasteiger partial charge is 0.257 e. The first kappa shape index (κ1) is 14.3. The number of likely N-dealkylation sites (tertiary alicyclic amines) is 1. The summed E-state index contributed by atoms with van der Waals surface area (Å²) in [7, 11) is 0. The summed E-state index contributed by atoms with van der Waals surface area (Å²) in [6.45, 7) is 3.12. The normalized spacial score (nSPS) is 23.5. The molecule has 5 heteroatoms. The zero-order valence-corrected chi connectivity index (χ0v) is 11.7. The van der Waals surface area contributed by atoms with Crippen LogP contribution in [0.1, 0.15) is 30.1 Å². The van der Waals surface area contributed by atoms with Crippen LogP contribution in [0.2, 0.25) is 5.02 Å². The maximum Gasteiger partial charge on any atom is 0.257 e. The lowest BCUT2D eigenvalue weighted by Crippen LogP contribution is -2.47. The predicted octanol–water partition coefficient (Wildman–Crippen LogP) is 2.68. The second-order valence-electron chi connectivity index (χ2n) is 5.11. The molecule has 104 valence electrons. The fourth-order valence-corrected chi connectivity index (χ4v) is 2.65. The van der Waals surface area contributed by atoms with Crippen molar-refractivity contribution in [3.63, 3.8) is 0 Å². The van der Waals surface area contributed by atoms with E-state index in [1.54, 1.807) is 4.90 Å². The molecule has 1 aliphatic rings. The fraction of sp³-hybridized carbons (Fsp3) is 0.500. The number of carbonyl (C=O) groups is 1. The third-order valence-electron chi connectivity index (χ3n) is 3.73. The Morgan fingerprint density at radius 2 is 2.26 bits per heavy atom. The van der Waals surface area contributed by atoms with Gasteiger partial charge in [-0.05, 0) is 50.4 Å². The van der Waals surface area contributed by atoms with Gasteiger partial charge in [0.05, 0.1) is 5.56 Å². The van der Waals surface area contributed by atoms with Crippen molar-refractivity contribution in [2.75, 3.05) is 13.1 Å². The van der Waals surface area contributed by atoms with Gasteiger partial charge in [-0.2, -0.15) is 0 Å². The molecule has 1 saturated heterocycles. The van der Waals surface area contributed by atoms with Crippen LogP contribution in [0.3, 0.4) is 0 Å². The zero-order valence-electron chi connectivity index (χ0n) is 10.9. The van der Waals surface area contributed by atoms with E-state index >= 15 is 0 Å². The van der Waals surface area contributed by atoms with E-state index in [0.717, 1.165) is 12.8 Å². The van der Waals surface area contributed by atoms with E-state index in [9.17, 15) is 9.18 Å². The number of hydrogen-bond acceptors (Lipinski definition) is 2. The predicted molar refractivity (Wildman–Crippen MR) is 73.7 cm³/mol. The van der Waals surface area contributed by atoms with Gasteiger partial charge < -0.3 is 10.6 Å². The van der Waals surface area contributed by atoms with Gasteiger partial charge in [-0.25, -0.2) is 4.39 Å². The summed E-state index contributed by atoms with van der Waals surface area (Å²) in [6, 6.07) is 4.16. The lowest BCUT2D eigenvalue weighted by atomic mass is 9.93. The summed E-state index contributed by atoms with van der Waals surface area (Å²) in [5.41, 5.74) is 5.71. The third-order valence-corrected chi connectivity index (χ3v) is 3.97. The van der Waals surface area contributed by atoms with Gasteiger partial charge in [0.25, 0.3) is 5.91 Å². The standard InChI is InChI=1S/C14H18ClFN2O/c1-9-2-3-10(7-17)8-18(9)14(19)12-6-11(15)4-5-13(12)16/h4-6,9-10H,2-3,7-8,17H2,1H3. The molecule has 1 aromatic rings. The van der Waals surface area contributed by atoms with E-state index in [2.05, 4.69) is 0 Å². The van der Waals surface area contributed by atoms with Crippen LogP contribution in [0, 0.1) is 11.7 Å².